The highest BCUT2D eigenvalue weighted by molar-refractivity contribution is 6.03. The number of esters is 1. The molecule has 1 amide bonds. The Kier molecular flexibility index (Phi) is 6.26. The SMILES string of the molecule is CC(OC(=O)C1CN(C(=O)OC(C)(C)C)CC1=O)c1ccc([C@@H](C)N)cc1. The van der Waals surface area contributed by atoms with Crippen LogP contribution in [0.15, 0.2) is 24.3 Å². The van der Waals surface area contributed by atoms with Crippen molar-refractivity contribution >= 4 is 17.8 Å². The molecule has 0 aromatic heterocycles. The minimum Gasteiger partial charge on any atom is -0.457 e. The maximum atomic E-state index is 12.4. The van der Waals surface area contributed by atoms with Crippen molar-refractivity contribution in [2.75, 3.05) is 13.1 Å². The number of ketones is 1. The Labute approximate surface area is 159 Å². The molecule has 1 aromatic rings. The number of nitrogens with zero attached hydrogens (tertiary/aromatic N) is 1. The molecular weight excluding hydrogens is 348 g/mol. The van der Waals surface area contributed by atoms with Gasteiger partial charge < -0.3 is 15.2 Å². The summed E-state index contributed by atoms with van der Waals surface area (Å²) in [7, 11) is 0. The lowest BCUT2D eigenvalue weighted by Crippen LogP contribution is -2.36. The summed E-state index contributed by atoms with van der Waals surface area (Å²) in [6.07, 6.45) is -1.12. The molecule has 1 heterocycles. The monoisotopic (exact) mass is 376 g/mol. The average molecular weight is 376 g/mol. The molecule has 7 heteroatoms. The van der Waals surface area contributed by atoms with Gasteiger partial charge in [0.1, 0.15) is 17.6 Å². The molecule has 1 aromatic carbocycles. The third-order valence-corrected chi connectivity index (χ3v) is 4.30. The summed E-state index contributed by atoms with van der Waals surface area (Å²) in [6, 6.07) is 7.39. The lowest BCUT2D eigenvalue weighted by Gasteiger charge is -2.24. The van der Waals surface area contributed by atoms with Gasteiger partial charge in [0.25, 0.3) is 0 Å². The van der Waals surface area contributed by atoms with E-state index in [1.807, 2.05) is 31.2 Å². The van der Waals surface area contributed by atoms with Crippen molar-refractivity contribution in [1.82, 2.24) is 4.90 Å². The molecule has 0 aliphatic carbocycles. The van der Waals surface area contributed by atoms with Crippen LogP contribution in [0, 0.1) is 5.92 Å². The van der Waals surface area contributed by atoms with Crippen LogP contribution in [0.3, 0.4) is 0 Å². The molecule has 7 nitrogen and oxygen atoms in total. The van der Waals surface area contributed by atoms with Gasteiger partial charge in [-0.1, -0.05) is 24.3 Å². The Morgan fingerprint density at radius 3 is 2.22 bits per heavy atom. The van der Waals surface area contributed by atoms with Crippen LogP contribution in [-0.2, 0) is 19.1 Å². The topological polar surface area (TPSA) is 98.9 Å². The summed E-state index contributed by atoms with van der Waals surface area (Å²) >= 11 is 0. The van der Waals surface area contributed by atoms with Crippen molar-refractivity contribution in [2.45, 2.75) is 52.4 Å². The Bertz CT molecular complexity index is 706. The van der Waals surface area contributed by atoms with Crippen LogP contribution in [0.2, 0.25) is 0 Å². The molecule has 1 saturated heterocycles. The van der Waals surface area contributed by atoms with Crippen LogP contribution in [0.25, 0.3) is 0 Å². The van der Waals surface area contributed by atoms with Crippen molar-refractivity contribution < 1.29 is 23.9 Å². The molecule has 3 atom stereocenters. The van der Waals surface area contributed by atoms with Crippen molar-refractivity contribution in [1.29, 1.82) is 0 Å². The van der Waals surface area contributed by atoms with E-state index in [-0.39, 0.29) is 24.9 Å². The first-order valence-corrected chi connectivity index (χ1v) is 9.04. The predicted molar refractivity (Wildman–Crippen MR) is 99.9 cm³/mol. The van der Waals surface area contributed by atoms with Crippen LogP contribution in [-0.4, -0.2) is 41.4 Å². The minimum atomic E-state index is -0.983. The first kappa shape index (κ1) is 20.9. The first-order chi connectivity index (χ1) is 12.5. The number of benzene rings is 1. The molecule has 0 bridgehead atoms. The van der Waals surface area contributed by atoms with Gasteiger partial charge in [0, 0.05) is 12.6 Å². The van der Waals surface area contributed by atoms with E-state index in [1.54, 1.807) is 27.7 Å². The Hall–Kier alpha value is -2.41. The fraction of sp³-hybridized carbons (Fsp3) is 0.550. The van der Waals surface area contributed by atoms with E-state index in [4.69, 9.17) is 15.2 Å². The third kappa shape index (κ3) is 5.53. The number of hydrogen-bond acceptors (Lipinski definition) is 6. The zero-order valence-electron chi connectivity index (χ0n) is 16.5. The quantitative estimate of drug-likeness (QED) is 0.641. The van der Waals surface area contributed by atoms with Gasteiger partial charge in [0.05, 0.1) is 6.54 Å². The minimum absolute atomic E-state index is 0.0249. The maximum absolute atomic E-state index is 12.4. The molecule has 148 valence electrons. The van der Waals surface area contributed by atoms with Crippen molar-refractivity contribution in [3.8, 4) is 0 Å². The predicted octanol–water partition coefficient (Wildman–Crippen LogP) is 2.75. The molecule has 27 heavy (non-hydrogen) atoms. The van der Waals surface area contributed by atoms with E-state index < -0.39 is 29.7 Å². The zero-order chi connectivity index (χ0) is 20.4. The smallest absolute Gasteiger partial charge is 0.410 e. The Balaban J connectivity index is 1.97. The molecule has 1 aliphatic rings. The number of carbonyl (C=O) groups excluding carboxylic acids is 3. The van der Waals surface area contributed by atoms with Gasteiger partial charge in [0.2, 0.25) is 0 Å². The maximum Gasteiger partial charge on any atom is 0.410 e. The van der Waals surface area contributed by atoms with Gasteiger partial charge in [-0.05, 0) is 45.7 Å². The summed E-state index contributed by atoms with van der Waals surface area (Å²) in [6.45, 7) is 8.69. The number of amides is 1. The fourth-order valence-electron chi connectivity index (χ4n) is 2.75. The summed E-state index contributed by atoms with van der Waals surface area (Å²) in [5.41, 5.74) is 6.95. The summed E-state index contributed by atoms with van der Waals surface area (Å²) in [4.78, 5) is 37.9. The fourth-order valence-corrected chi connectivity index (χ4v) is 2.75. The lowest BCUT2D eigenvalue weighted by molar-refractivity contribution is -0.154. The number of hydrogen-bond donors (Lipinski definition) is 1. The molecule has 1 aliphatic heterocycles. The molecule has 2 unspecified atom stereocenters. The lowest BCUT2D eigenvalue weighted by atomic mass is 10.0. The third-order valence-electron chi connectivity index (χ3n) is 4.30. The molecule has 2 N–H and O–H groups in total. The van der Waals surface area contributed by atoms with Gasteiger partial charge in [-0.2, -0.15) is 0 Å². The summed E-state index contributed by atoms with van der Waals surface area (Å²) in [5, 5.41) is 0. The number of ether oxygens (including phenoxy) is 2. The molecule has 2 rings (SSSR count). The second-order valence-corrected chi connectivity index (χ2v) is 7.91. The van der Waals surface area contributed by atoms with E-state index in [0.29, 0.717) is 0 Å². The van der Waals surface area contributed by atoms with Gasteiger partial charge in [-0.15, -0.1) is 0 Å². The first-order valence-electron chi connectivity index (χ1n) is 9.04. The van der Waals surface area contributed by atoms with Crippen molar-refractivity contribution in [2.24, 2.45) is 11.7 Å². The Morgan fingerprint density at radius 2 is 1.70 bits per heavy atom. The van der Waals surface area contributed by atoms with Crippen molar-refractivity contribution in [3.05, 3.63) is 35.4 Å². The van der Waals surface area contributed by atoms with Crippen molar-refractivity contribution in [3.63, 3.8) is 0 Å². The van der Waals surface area contributed by atoms with Gasteiger partial charge in [-0.3, -0.25) is 14.5 Å². The molecule has 0 radical (unpaired) electrons. The van der Waals surface area contributed by atoms with Crippen LogP contribution >= 0.6 is 0 Å². The summed E-state index contributed by atoms with van der Waals surface area (Å²) in [5.74, 6) is -1.96. The standard InChI is InChI=1S/C20H28N2O5/c1-12(21)14-6-8-15(9-7-14)13(2)26-18(24)16-10-22(11-17(16)23)19(25)27-20(3,4)5/h6-9,12-13,16H,10-11,21H2,1-5H3/t12-,13?,16?/m1/s1. The largest absolute Gasteiger partial charge is 0.457 e. The highest BCUT2D eigenvalue weighted by atomic mass is 16.6. The van der Waals surface area contributed by atoms with Gasteiger partial charge >= 0.3 is 12.1 Å². The van der Waals surface area contributed by atoms with Crippen LogP contribution in [0.1, 0.15) is 57.9 Å². The number of Topliss-reactive ketones (excluding diaryl/α,β-unsaturated/α-hetero) is 1. The van der Waals surface area contributed by atoms with Gasteiger partial charge in [-0.25, -0.2) is 4.79 Å². The number of nitrogens with two attached hydrogens (primary N) is 1. The average Bonchev–Trinajstić information content (AvgIpc) is 2.95. The number of carbonyl (C=O) groups is 3. The summed E-state index contributed by atoms with van der Waals surface area (Å²) < 4.78 is 10.7. The van der Waals surface area contributed by atoms with E-state index in [9.17, 15) is 14.4 Å². The number of likely N-dealkylation sites (tertiary alicyclic amines) is 1. The van der Waals surface area contributed by atoms with E-state index in [0.717, 1.165) is 11.1 Å². The molecule has 0 saturated carbocycles. The molecular formula is C20H28N2O5. The Morgan fingerprint density at radius 1 is 1.15 bits per heavy atom. The van der Waals surface area contributed by atoms with Gasteiger partial charge in [0.15, 0.2) is 5.78 Å². The highest BCUT2D eigenvalue weighted by Gasteiger charge is 2.41. The highest BCUT2D eigenvalue weighted by Crippen LogP contribution is 2.23. The van der Waals surface area contributed by atoms with Crippen LogP contribution in [0.4, 0.5) is 4.79 Å². The second-order valence-electron chi connectivity index (χ2n) is 7.91. The zero-order valence-corrected chi connectivity index (χ0v) is 16.5. The van der Waals surface area contributed by atoms with E-state index in [1.165, 1.54) is 4.90 Å². The number of rotatable bonds is 4. The van der Waals surface area contributed by atoms with Crippen LogP contribution in [0.5, 0.6) is 0 Å². The molecule has 0 spiro atoms. The molecule has 1 fully saturated rings. The second kappa shape index (κ2) is 8.08. The van der Waals surface area contributed by atoms with Crippen LogP contribution < -0.4 is 5.73 Å². The normalized spacial score (nSPS) is 19.6. The van der Waals surface area contributed by atoms with E-state index in [2.05, 4.69) is 0 Å². The van der Waals surface area contributed by atoms with E-state index >= 15 is 0 Å².